The van der Waals surface area contributed by atoms with Crippen molar-refractivity contribution < 1.29 is 27.9 Å². The van der Waals surface area contributed by atoms with E-state index in [1.54, 1.807) is 13.0 Å². The van der Waals surface area contributed by atoms with E-state index in [9.17, 15) is 22.8 Å². The Bertz CT molecular complexity index is 600. The molecule has 0 saturated carbocycles. The Labute approximate surface area is 131 Å². The molecule has 126 valence electrons. The number of benzene rings is 1. The van der Waals surface area contributed by atoms with Crippen molar-refractivity contribution in [2.24, 2.45) is 5.92 Å². The lowest BCUT2D eigenvalue weighted by molar-refractivity contribution is -0.141. The number of hydrogen-bond donors (Lipinski definition) is 1. The number of alkyl halides is 3. The van der Waals surface area contributed by atoms with E-state index >= 15 is 0 Å². The van der Waals surface area contributed by atoms with Crippen molar-refractivity contribution in [3.63, 3.8) is 0 Å². The number of carbonyl (C=O) groups is 2. The second-order valence-corrected chi connectivity index (χ2v) is 5.89. The number of halogens is 3. The predicted octanol–water partition coefficient (Wildman–Crippen LogP) is 3.13. The van der Waals surface area contributed by atoms with Gasteiger partial charge in [0.05, 0.1) is 11.5 Å². The summed E-state index contributed by atoms with van der Waals surface area (Å²) < 4.78 is 38.2. The zero-order chi connectivity index (χ0) is 17.2. The van der Waals surface area contributed by atoms with Gasteiger partial charge in [-0.15, -0.1) is 0 Å². The van der Waals surface area contributed by atoms with E-state index in [2.05, 4.69) is 0 Å². The number of carboxylic acids is 1. The zero-order valence-corrected chi connectivity index (χ0v) is 12.6. The van der Waals surface area contributed by atoms with Gasteiger partial charge < -0.3 is 10.0 Å². The highest BCUT2D eigenvalue weighted by atomic mass is 19.4. The minimum Gasteiger partial charge on any atom is -0.481 e. The van der Waals surface area contributed by atoms with Gasteiger partial charge in [-0.2, -0.15) is 13.2 Å². The molecule has 1 aliphatic rings. The van der Waals surface area contributed by atoms with Crippen LogP contribution in [0.3, 0.4) is 0 Å². The maximum atomic E-state index is 12.7. The van der Waals surface area contributed by atoms with Crippen molar-refractivity contribution in [3.05, 3.63) is 35.4 Å². The second kappa shape index (κ2) is 6.60. The van der Waals surface area contributed by atoms with Gasteiger partial charge in [0.1, 0.15) is 0 Å². The summed E-state index contributed by atoms with van der Waals surface area (Å²) in [7, 11) is 0. The molecule has 0 bridgehead atoms. The molecule has 4 nitrogen and oxygen atoms in total. The molecule has 1 fully saturated rings. The summed E-state index contributed by atoms with van der Waals surface area (Å²) in [6.07, 6.45) is -3.93. The quantitative estimate of drug-likeness (QED) is 0.923. The molecule has 0 unspecified atom stereocenters. The van der Waals surface area contributed by atoms with Crippen LogP contribution >= 0.6 is 0 Å². The summed E-state index contributed by atoms with van der Waals surface area (Å²) in [5.74, 6) is -2.07. The van der Waals surface area contributed by atoms with Gasteiger partial charge in [0.15, 0.2) is 0 Å². The number of likely N-dealkylation sites (tertiary alicyclic amines) is 1. The Hall–Kier alpha value is -2.05. The summed E-state index contributed by atoms with van der Waals surface area (Å²) in [6.45, 7) is 2.24. The molecule has 23 heavy (non-hydrogen) atoms. The van der Waals surface area contributed by atoms with Crippen LogP contribution in [0.2, 0.25) is 0 Å². The molecule has 1 aromatic carbocycles. The first-order valence-corrected chi connectivity index (χ1v) is 7.36. The van der Waals surface area contributed by atoms with E-state index in [0.717, 1.165) is 12.1 Å². The monoisotopic (exact) mass is 329 g/mol. The fourth-order valence-electron chi connectivity index (χ4n) is 2.72. The lowest BCUT2D eigenvalue weighted by Gasteiger charge is -2.19. The molecule has 1 aromatic rings. The van der Waals surface area contributed by atoms with Crippen LogP contribution in [0.25, 0.3) is 0 Å². The first-order chi connectivity index (χ1) is 10.7. The van der Waals surface area contributed by atoms with Crippen molar-refractivity contribution in [2.45, 2.75) is 31.9 Å². The third kappa shape index (κ3) is 4.24. The molecule has 7 heteroatoms. The number of amides is 1. The summed E-state index contributed by atoms with van der Waals surface area (Å²) >= 11 is 0. The summed E-state index contributed by atoms with van der Waals surface area (Å²) in [4.78, 5) is 24.6. The van der Waals surface area contributed by atoms with Gasteiger partial charge in [-0.25, -0.2) is 0 Å². The molecule has 2 rings (SSSR count). The van der Waals surface area contributed by atoms with Crippen molar-refractivity contribution in [3.8, 4) is 0 Å². The van der Waals surface area contributed by atoms with E-state index in [4.69, 9.17) is 5.11 Å². The van der Waals surface area contributed by atoms with E-state index < -0.39 is 23.6 Å². The van der Waals surface area contributed by atoms with Gasteiger partial charge in [-0.1, -0.05) is 25.1 Å². The highest BCUT2D eigenvalue weighted by Gasteiger charge is 2.32. The molecule has 1 amide bonds. The number of hydrogen-bond acceptors (Lipinski definition) is 2. The number of nitrogens with zero attached hydrogens (tertiary/aromatic N) is 1. The SMILES string of the molecule is C[C@H](CC(=O)N1CC[C@H](C(=O)O)C1)c1cccc(C(F)(F)F)c1. The normalized spacial score (nSPS) is 19.7. The number of carbonyl (C=O) groups excluding carboxylic acids is 1. The largest absolute Gasteiger partial charge is 0.481 e. The molecule has 0 aromatic heterocycles. The third-order valence-electron chi connectivity index (χ3n) is 4.15. The molecule has 1 saturated heterocycles. The van der Waals surface area contributed by atoms with Gasteiger partial charge in [0, 0.05) is 19.5 Å². The Morgan fingerprint density at radius 1 is 1.39 bits per heavy atom. The highest BCUT2D eigenvalue weighted by Crippen LogP contribution is 2.32. The maximum absolute atomic E-state index is 12.7. The zero-order valence-electron chi connectivity index (χ0n) is 12.6. The van der Waals surface area contributed by atoms with Crippen molar-refractivity contribution >= 4 is 11.9 Å². The standard InChI is InChI=1S/C16H18F3NO3/c1-10(11-3-2-4-13(8-11)16(17,18)19)7-14(21)20-6-5-12(9-20)15(22)23/h2-4,8,10,12H,5-7,9H2,1H3,(H,22,23)/t10-,12+/m1/s1. The lowest BCUT2D eigenvalue weighted by atomic mass is 9.95. The van der Waals surface area contributed by atoms with Crippen molar-refractivity contribution in [1.29, 1.82) is 0 Å². The molecule has 0 spiro atoms. The van der Waals surface area contributed by atoms with E-state index in [1.807, 2.05) is 0 Å². The van der Waals surface area contributed by atoms with Crippen LogP contribution in [-0.4, -0.2) is 35.0 Å². The van der Waals surface area contributed by atoms with Crippen LogP contribution in [0.1, 0.15) is 36.8 Å². The van der Waals surface area contributed by atoms with Gasteiger partial charge in [-0.05, 0) is 24.0 Å². The smallest absolute Gasteiger partial charge is 0.416 e. The predicted molar refractivity (Wildman–Crippen MR) is 76.8 cm³/mol. The minimum atomic E-state index is -4.41. The van der Waals surface area contributed by atoms with Gasteiger partial charge in [0.2, 0.25) is 5.91 Å². The average Bonchev–Trinajstić information content (AvgIpc) is 2.96. The summed E-state index contributed by atoms with van der Waals surface area (Å²) in [5, 5.41) is 8.93. The maximum Gasteiger partial charge on any atom is 0.416 e. The van der Waals surface area contributed by atoms with Gasteiger partial charge >= 0.3 is 12.1 Å². The van der Waals surface area contributed by atoms with Crippen molar-refractivity contribution in [1.82, 2.24) is 4.90 Å². The van der Waals surface area contributed by atoms with Crippen LogP contribution in [-0.2, 0) is 15.8 Å². The van der Waals surface area contributed by atoms with Crippen LogP contribution < -0.4 is 0 Å². The number of rotatable bonds is 4. The highest BCUT2D eigenvalue weighted by molar-refractivity contribution is 5.79. The van der Waals surface area contributed by atoms with E-state index in [-0.39, 0.29) is 24.8 Å². The molecule has 1 heterocycles. The first-order valence-electron chi connectivity index (χ1n) is 7.36. The molecule has 1 N–H and O–H groups in total. The molecule has 1 aliphatic heterocycles. The summed E-state index contributed by atoms with van der Waals surface area (Å²) in [6, 6.07) is 4.95. The van der Waals surface area contributed by atoms with Crippen LogP contribution in [0.4, 0.5) is 13.2 Å². The Balaban J connectivity index is 2.01. The third-order valence-corrected chi connectivity index (χ3v) is 4.15. The fraction of sp³-hybridized carbons (Fsp3) is 0.500. The molecular weight excluding hydrogens is 311 g/mol. The molecular formula is C16H18F3NO3. The number of aliphatic carboxylic acids is 1. The Kier molecular flexibility index (Phi) is 4.97. The Morgan fingerprint density at radius 2 is 2.09 bits per heavy atom. The van der Waals surface area contributed by atoms with Gasteiger partial charge in [0.25, 0.3) is 0 Å². The lowest BCUT2D eigenvalue weighted by Crippen LogP contribution is -2.30. The minimum absolute atomic E-state index is 0.0631. The number of carboxylic acid groups (broad SMARTS) is 1. The fourth-order valence-corrected chi connectivity index (χ4v) is 2.72. The molecule has 0 radical (unpaired) electrons. The first kappa shape index (κ1) is 17.3. The summed E-state index contributed by atoms with van der Waals surface area (Å²) in [5.41, 5.74) is -0.288. The van der Waals surface area contributed by atoms with Crippen LogP contribution in [0.15, 0.2) is 24.3 Å². The van der Waals surface area contributed by atoms with E-state index in [1.165, 1.54) is 11.0 Å². The Morgan fingerprint density at radius 3 is 2.65 bits per heavy atom. The van der Waals surface area contributed by atoms with E-state index in [0.29, 0.717) is 18.5 Å². The topological polar surface area (TPSA) is 57.6 Å². The average molecular weight is 329 g/mol. The van der Waals surface area contributed by atoms with Crippen LogP contribution in [0, 0.1) is 5.92 Å². The van der Waals surface area contributed by atoms with Crippen molar-refractivity contribution in [2.75, 3.05) is 13.1 Å². The van der Waals surface area contributed by atoms with Gasteiger partial charge in [-0.3, -0.25) is 9.59 Å². The van der Waals surface area contributed by atoms with Crippen LogP contribution in [0.5, 0.6) is 0 Å². The molecule has 0 aliphatic carbocycles. The second-order valence-electron chi connectivity index (χ2n) is 5.89. The molecule has 2 atom stereocenters.